The first-order valence-corrected chi connectivity index (χ1v) is 11.8. The number of aromatic nitrogens is 3. The zero-order chi connectivity index (χ0) is 25.9. The molecule has 9 heteroatoms. The summed E-state index contributed by atoms with van der Waals surface area (Å²) in [4.78, 5) is 29.5. The molecule has 2 N–H and O–H groups in total. The molecule has 0 saturated carbocycles. The van der Waals surface area contributed by atoms with Crippen molar-refractivity contribution in [3.63, 3.8) is 0 Å². The van der Waals surface area contributed by atoms with Crippen LogP contribution in [0, 0.1) is 6.92 Å². The van der Waals surface area contributed by atoms with E-state index < -0.39 is 18.1 Å². The zero-order valence-electron chi connectivity index (χ0n) is 21.5. The number of methoxy groups -OCH3 is 1. The van der Waals surface area contributed by atoms with Gasteiger partial charge in [-0.15, -0.1) is 0 Å². The van der Waals surface area contributed by atoms with Crippen molar-refractivity contribution in [1.29, 1.82) is 0 Å². The number of aliphatic hydroxyl groups excluding tert-OH is 1. The fourth-order valence-electron chi connectivity index (χ4n) is 4.20. The van der Waals surface area contributed by atoms with Crippen LogP contribution in [0.5, 0.6) is 0 Å². The van der Waals surface area contributed by atoms with E-state index in [1.807, 2.05) is 24.3 Å². The second-order valence-electron chi connectivity index (χ2n) is 9.35. The fourth-order valence-corrected chi connectivity index (χ4v) is 4.20. The van der Waals surface area contributed by atoms with E-state index in [1.54, 1.807) is 52.6 Å². The molecule has 2 heterocycles. The van der Waals surface area contributed by atoms with E-state index in [9.17, 15) is 14.7 Å². The smallest absolute Gasteiger partial charge is 0.326 e. The Kier molecular flexibility index (Phi) is 8.47. The normalized spacial score (nSPS) is 14.3. The van der Waals surface area contributed by atoms with Crippen LogP contribution >= 0.6 is 0 Å². The molecule has 2 aromatic heterocycles. The highest BCUT2D eigenvalue weighted by atomic mass is 16.5. The van der Waals surface area contributed by atoms with E-state index in [2.05, 4.69) is 16.8 Å². The molecule has 3 atom stereocenters. The number of benzene rings is 1. The van der Waals surface area contributed by atoms with E-state index in [1.165, 1.54) is 0 Å². The van der Waals surface area contributed by atoms with Crippen LogP contribution in [0.3, 0.4) is 0 Å². The quantitative estimate of drug-likeness (QED) is 0.426. The first-order valence-electron chi connectivity index (χ1n) is 11.8. The Balaban J connectivity index is 1.99. The summed E-state index contributed by atoms with van der Waals surface area (Å²) >= 11 is 0. The maximum atomic E-state index is 12.4. The van der Waals surface area contributed by atoms with Gasteiger partial charge in [-0.3, -0.25) is 14.9 Å². The highest BCUT2D eigenvalue weighted by Gasteiger charge is 2.26. The number of aliphatic hydroxyl groups is 1. The van der Waals surface area contributed by atoms with Gasteiger partial charge >= 0.3 is 5.97 Å². The number of aryl methyl sites for hydroxylation is 2. The number of pyridine rings is 1. The van der Waals surface area contributed by atoms with Crippen molar-refractivity contribution in [2.45, 2.75) is 65.5 Å². The Labute approximate surface area is 205 Å². The molecule has 0 aliphatic rings. The summed E-state index contributed by atoms with van der Waals surface area (Å²) in [6.45, 7) is 9.82. The molecule has 3 rings (SSSR count). The minimum atomic E-state index is -0.904. The van der Waals surface area contributed by atoms with Crippen molar-refractivity contribution in [1.82, 2.24) is 19.4 Å². The van der Waals surface area contributed by atoms with Crippen LogP contribution in [-0.4, -0.2) is 57.2 Å². The number of ether oxygens (including phenoxy) is 2. The third-order valence-electron chi connectivity index (χ3n) is 5.84. The highest BCUT2D eigenvalue weighted by Crippen LogP contribution is 2.29. The van der Waals surface area contributed by atoms with Crippen LogP contribution in [0.4, 0.5) is 0 Å². The molecule has 35 heavy (non-hydrogen) atoms. The van der Waals surface area contributed by atoms with Gasteiger partial charge in [0.2, 0.25) is 0 Å². The summed E-state index contributed by atoms with van der Waals surface area (Å²) in [5.41, 5.74) is 4.07. The van der Waals surface area contributed by atoms with Gasteiger partial charge in [0, 0.05) is 38.0 Å². The Morgan fingerprint density at radius 1 is 1.20 bits per heavy atom. The van der Waals surface area contributed by atoms with E-state index >= 15 is 0 Å². The van der Waals surface area contributed by atoms with Gasteiger partial charge in [0.15, 0.2) is 0 Å². The fraction of sp³-hybridized carbons (Fsp3) is 0.500. The maximum Gasteiger partial charge on any atom is 0.326 e. The molecule has 0 saturated heterocycles. The van der Waals surface area contributed by atoms with Crippen molar-refractivity contribution in [2.24, 2.45) is 7.05 Å². The lowest BCUT2D eigenvalue weighted by atomic mass is 10.1. The topological polar surface area (TPSA) is 108 Å². The van der Waals surface area contributed by atoms with E-state index in [4.69, 9.17) is 14.5 Å². The molecule has 190 valence electrons. The van der Waals surface area contributed by atoms with Gasteiger partial charge in [0.1, 0.15) is 11.9 Å². The highest BCUT2D eigenvalue weighted by molar-refractivity contribution is 5.81. The van der Waals surface area contributed by atoms with Gasteiger partial charge in [-0.1, -0.05) is 6.07 Å². The Morgan fingerprint density at radius 3 is 2.51 bits per heavy atom. The van der Waals surface area contributed by atoms with Gasteiger partial charge in [-0.05, 0) is 58.4 Å². The SMILES string of the molecule is COC[C@H](C)n1c(-c2cc(C)c(=O)n(C)c2)nc2cc(CNC(C(=O)OC(C)C)C(C)O)ccc21. The second kappa shape index (κ2) is 11.2. The minimum absolute atomic E-state index is 0.00642. The lowest BCUT2D eigenvalue weighted by Crippen LogP contribution is -2.46. The van der Waals surface area contributed by atoms with Crippen molar-refractivity contribution in [2.75, 3.05) is 13.7 Å². The number of hydrogen-bond acceptors (Lipinski definition) is 7. The number of fused-ring (bicyclic) bond motifs is 1. The molecule has 0 amide bonds. The van der Waals surface area contributed by atoms with E-state index in [0.29, 0.717) is 18.7 Å². The predicted molar refractivity (Wildman–Crippen MR) is 135 cm³/mol. The first-order chi connectivity index (χ1) is 16.5. The molecule has 2 unspecified atom stereocenters. The van der Waals surface area contributed by atoms with E-state index in [0.717, 1.165) is 28.0 Å². The molecular formula is C26H36N4O5. The Morgan fingerprint density at radius 2 is 1.91 bits per heavy atom. The van der Waals surface area contributed by atoms with Crippen molar-refractivity contribution in [3.8, 4) is 11.4 Å². The number of hydrogen-bond donors (Lipinski definition) is 2. The van der Waals surface area contributed by atoms with Crippen molar-refractivity contribution < 1.29 is 19.4 Å². The summed E-state index contributed by atoms with van der Waals surface area (Å²) in [7, 11) is 3.40. The monoisotopic (exact) mass is 484 g/mol. The van der Waals surface area contributed by atoms with Gasteiger partial charge in [0.25, 0.3) is 5.56 Å². The maximum absolute atomic E-state index is 12.4. The third-order valence-corrected chi connectivity index (χ3v) is 5.84. The summed E-state index contributed by atoms with van der Waals surface area (Å²) in [5.74, 6) is 0.261. The molecule has 0 aliphatic carbocycles. The number of esters is 1. The number of carbonyl (C=O) groups is 1. The van der Waals surface area contributed by atoms with Gasteiger partial charge in [-0.25, -0.2) is 4.98 Å². The summed E-state index contributed by atoms with van der Waals surface area (Å²) in [6.07, 6.45) is 0.626. The predicted octanol–water partition coefficient (Wildman–Crippen LogP) is 2.71. The summed E-state index contributed by atoms with van der Waals surface area (Å²) < 4.78 is 14.4. The van der Waals surface area contributed by atoms with Crippen LogP contribution in [0.1, 0.15) is 44.9 Å². The average molecular weight is 485 g/mol. The van der Waals surface area contributed by atoms with Gasteiger partial charge < -0.3 is 23.7 Å². The molecule has 3 aromatic rings. The van der Waals surface area contributed by atoms with Crippen LogP contribution in [0.2, 0.25) is 0 Å². The molecule has 1 aromatic carbocycles. The van der Waals surface area contributed by atoms with Crippen molar-refractivity contribution >= 4 is 17.0 Å². The first kappa shape index (κ1) is 26.6. The number of nitrogens with zero attached hydrogens (tertiary/aromatic N) is 3. The Hall–Kier alpha value is -3.01. The van der Waals surface area contributed by atoms with Crippen LogP contribution in [0.25, 0.3) is 22.4 Å². The minimum Gasteiger partial charge on any atom is -0.462 e. The van der Waals surface area contributed by atoms with Crippen LogP contribution < -0.4 is 10.9 Å². The van der Waals surface area contributed by atoms with Gasteiger partial charge in [-0.2, -0.15) is 0 Å². The van der Waals surface area contributed by atoms with Crippen molar-refractivity contribution in [3.05, 3.63) is 51.9 Å². The molecule has 0 fully saturated rings. The second-order valence-corrected chi connectivity index (χ2v) is 9.35. The Bertz CT molecular complexity index is 1220. The molecule has 0 spiro atoms. The third kappa shape index (κ3) is 5.98. The summed E-state index contributed by atoms with van der Waals surface area (Å²) in [5, 5.41) is 13.2. The molecule has 0 bridgehead atoms. The molecule has 9 nitrogen and oxygen atoms in total. The molecule has 0 aliphatic heterocycles. The molecular weight excluding hydrogens is 448 g/mol. The number of carbonyl (C=O) groups excluding carboxylic acids is 1. The lowest BCUT2D eigenvalue weighted by Gasteiger charge is -2.21. The van der Waals surface area contributed by atoms with Crippen LogP contribution in [0.15, 0.2) is 35.3 Å². The average Bonchev–Trinajstić information content (AvgIpc) is 3.15. The number of nitrogens with one attached hydrogen (secondary N) is 1. The van der Waals surface area contributed by atoms with Crippen LogP contribution in [-0.2, 0) is 27.9 Å². The van der Waals surface area contributed by atoms with E-state index in [-0.39, 0.29) is 17.7 Å². The summed E-state index contributed by atoms with van der Waals surface area (Å²) in [6, 6.07) is 6.95. The number of imidazole rings is 1. The zero-order valence-corrected chi connectivity index (χ0v) is 21.5. The van der Waals surface area contributed by atoms with Gasteiger partial charge in [0.05, 0.1) is 35.9 Å². The lowest BCUT2D eigenvalue weighted by molar-refractivity contribution is -0.152. The molecule has 0 radical (unpaired) electrons. The largest absolute Gasteiger partial charge is 0.462 e. The number of rotatable bonds is 10. The standard InChI is InChI=1S/C26H36N4O5/c1-15(2)35-26(33)23(18(5)31)27-12-19-8-9-22-21(11-19)28-24(30(22)17(4)14-34-7)20-10-16(3)25(32)29(6)13-20/h8-11,13,15,17-18,23,27,31H,12,14H2,1-7H3/t17-,18?,23?/m0/s1.